The highest BCUT2D eigenvalue weighted by Crippen LogP contribution is 2.37. The summed E-state index contributed by atoms with van der Waals surface area (Å²) in [6, 6.07) is 3.43. The van der Waals surface area contributed by atoms with Crippen molar-refractivity contribution in [3.05, 3.63) is 30.1 Å². The number of halogens is 4. The number of rotatable bonds is 0. The Labute approximate surface area is 86.1 Å². The van der Waals surface area contributed by atoms with Gasteiger partial charge in [-0.15, -0.1) is 12.4 Å². The SMILES string of the molecule is Cl.ClC(Cl)(Cl)c1cccnc1. The standard InChI is InChI=1S/C6H4Cl3N.ClH/c7-6(8,9)5-2-1-3-10-4-5;/h1-4H;1H. The number of pyridine rings is 1. The Kier molecular flexibility index (Phi) is 4.49. The molecule has 1 heterocycles. The Morgan fingerprint density at radius 1 is 1.27 bits per heavy atom. The molecule has 0 atom stereocenters. The van der Waals surface area contributed by atoms with Gasteiger partial charge >= 0.3 is 0 Å². The molecule has 0 aromatic carbocycles. The molecule has 0 saturated heterocycles. The predicted molar refractivity (Wildman–Crippen MR) is 50.7 cm³/mol. The van der Waals surface area contributed by atoms with Crippen molar-refractivity contribution >= 4 is 47.2 Å². The third kappa shape index (κ3) is 3.48. The van der Waals surface area contributed by atoms with E-state index in [1.807, 2.05) is 0 Å². The van der Waals surface area contributed by atoms with Crippen molar-refractivity contribution in [2.45, 2.75) is 3.79 Å². The minimum Gasteiger partial charge on any atom is -0.264 e. The van der Waals surface area contributed by atoms with Crippen LogP contribution in [0.25, 0.3) is 0 Å². The van der Waals surface area contributed by atoms with Gasteiger partial charge < -0.3 is 0 Å². The zero-order valence-corrected chi connectivity index (χ0v) is 8.38. The van der Waals surface area contributed by atoms with Crippen molar-refractivity contribution in [2.24, 2.45) is 0 Å². The van der Waals surface area contributed by atoms with Crippen LogP contribution in [0.4, 0.5) is 0 Å². The second kappa shape index (κ2) is 4.36. The molecule has 1 nitrogen and oxygen atoms in total. The Hall–Kier alpha value is 0.310. The van der Waals surface area contributed by atoms with E-state index in [4.69, 9.17) is 34.8 Å². The van der Waals surface area contributed by atoms with E-state index in [0.29, 0.717) is 5.56 Å². The molecule has 1 aromatic rings. The molecule has 1 rings (SSSR count). The first-order valence-corrected chi connectivity index (χ1v) is 3.71. The van der Waals surface area contributed by atoms with E-state index in [0.717, 1.165) is 0 Å². The van der Waals surface area contributed by atoms with Crippen LogP contribution in [0, 0.1) is 0 Å². The number of nitrogens with zero attached hydrogens (tertiary/aromatic N) is 1. The van der Waals surface area contributed by atoms with Gasteiger partial charge in [0.05, 0.1) is 0 Å². The second-order valence-corrected chi connectivity index (χ2v) is 4.02. The molecule has 62 valence electrons. The summed E-state index contributed by atoms with van der Waals surface area (Å²) in [5.74, 6) is 0. The molecule has 0 fully saturated rings. The van der Waals surface area contributed by atoms with Crippen LogP contribution >= 0.6 is 47.2 Å². The van der Waals surface area contributed by atoms with E-state index in [1.54, 1.807) is 18.3 Å². The molecular weight excluding hydrogens is 228 g/mol. The summed E-state index contributed by atoms with van der Waals surface area (Å²) in [6.07, 6.45) is 3.15. The summed E-state index contributed by atoms with van der Waals surface area (Å²) in [4.78, 5) is 3.80. The fraction of sp³-hybridized carbons (Fsp3) is 0.167. The first-order valence-electron chi connectivity index (χ1n) is 2.58. The van der Waals surface area contributed by atoms with Gasteiger partial charge in [-0.1, -0.05) is 40.9 Å². The summed E-state index contributed by atoms with van der Waals surface area (Å²) in [7, 11) is 0. The maximum absolute atomic E-state index is 5.55. The van der Waals surface area contributed by atoms with E-state index >= 15 is 0 Å². The van der Waals surface area contributed by atoms with Crippen molar-refractivity contribution in [3.63, 3.8) is 0 Å². The van der Waals surface area contributed by atoms with Crippen LogP contribution in [-0.4, -0.2) is 4.98 Å². The largest absolute Gasteiger partial charge is 0.264 e. The fourth-order valence-electron chi connectivity index (χ4n) is 0.530. The predicted octanol–water partition coefficient (Wildman–Crippen LogP) is 3.33. The van der Waals surface area contributed by atoms with Gasteiger partial charge in [0.15, 0.2) is 0 Å². The van der Waals surface area contributed by atoms with Crippen LogP contribution < -0.4 is 0 Å². The van der Waals surface area contributed by atoms with Gasteiger partial charge in [0.1, 0.15) is 0 Å². The van der Waals surface area contributed by atoms with Crippen LogP contribution in [0.15, 0.2) is 24.5 Å². The summed E-state index contributed by atoms with van der Waals surface area (Å²) >= 11 is 16.6. The summed E-state index contributed by atoms with van der Waals surface area (Å²) < 4.78 is -1.35. The van der Waals surface area contributed by atoms with Crippen LogP contribution in [0.5, 0.6) is 0 Å². The summed E-state index contributed by atoms with van der Waals surface area (Å²) in [5, 5.41) is 0. The highest BCUT2D eigenvalue weighted by Gasteiger charge is 2.21. The number of hydrogen-bond acceptors (Lipinski definition) is 1. The molecule has 0 saturated carbocycles. The Morgan fingerprint density at radius 3 is 2.18 bits per heavy atom. The smallest absolute Gasteiger partial charge is 0.217 e. The van der Waals surface area contributed by atoms with Gasteiger partial charge in [0.2, 0.25) is 3.79 Å². The quantitative estimate of drug-likeness (QED) is 0.626. The first kappa shape index (κ1) is 11.3. The van der Waals surface area contributed by atoms with E-state index in [-0.39, 0.29) is 12.4 Å². The van der Waals surface area contributed by atoms with E-state index in [9.17, 15) is 0 Å². The Morgan fingerprint density at radius 2 is 1.91 bits per heavy atom. The minimum absolute atomic E-state index is 0. The third-order valence-corrected chi connectivity index (χ3v) is 1.64. The molecule has 0 amide bonds. The molecular formula is C6H5Cl4N. The molecule has 0 bridgehead atoms. The Balaban J connectivity index is 0.000001000. The summed E-state index contributed by atoms with van der Waals surface area (Å²) in [5.41, 5.74) is 0.583. The maximum atomic E-state index is 5.55. The first-order chi connectivity index (χ1) is 4.61. The molecule has 11 heavy (non-hydrogen) atoms. The lowest BCUT2D eigenvalue weighted by Crippen LogP contribution is -1.99. The maximum Gasteiger partial charge on any atom is 0.217 e. The molecule has 0 radical (unpaired) electrons. The summed E-state index contributed by atoms with van der Waals surface area (Å²) in [6.45, 7) is 0. The number of hydrogen-bond donors (Lipinski definition) is 0. The third-order valence-electron chi connectivity index (χ3n) is 0.989. The lowest BCUT2D eigenvalue weighted by Gasteiger charge is -2.08. The molecule has 0 aliphatic heterocycles. The van der Waals surface area contributed by atoms with Gasteiger partial charge in [-0.05, 0) is 6.07 Å². The van der Waals surface area contributed by atoms with Crippen LogP contribution in [0.1, 0.15) is 5.56 Å². The second-order valence-electron chi connectivity index (χ2n) is 1.74. The lowest BCUT2D eigenvalue weighted by atomic mass is 10.3. The van der Waals surface area contributed by atoms with Crippen LogP contribution in [-0.2, 0) is 3.79 Å². The molecule has 0 aliphatic carbocycles. The van der Waals surface area contributed by atoms with Gasteiger partial charge in [-0.25, -0.2) is 0 Å². The van der Waals surface area contributed by atoms with E-state index in [1.165, 1.54) is 6.20 Å². The Bertz CT molecular complexity index is 206. The van der Waals surface area contributed by atoms with E-state index < -0.39 is 3.79 Å². The highest BCUT2D eigenvalue weighted by molar-refractivity contribution is 6.66. The topological polar surface area (TPSA) is 12.9 Å². The van der Waals surface area contributed by atoms with E-state index in [2.05, 4.69) is 4.98 Å². The van der Waals surface area contributed by atoms with Crippen LogP contribution in [0.3, 0.4) is 0 Å². The average Bonchev–Trinajstić information content (AvgIpc) is 1.88. The van der Waals surface area contributed by atoms with Crippen molar-refractivity contribution in [1.82, 2.24) is 4.98 Å². The van der Waals surface area contributed by atoms with Crippen molar-refractivity contribution in [3.8, 4) is 0 Å². The highest BCUT2D eigenvalue weighted by atomic mass is 35.6. The molecule has 5 heteroatoms. The lowest BCUT2D eigenvalue weighted by molar-refractivity contribution is 1.17. The molecule has 0 unspecified atom stereocenters. The van der Waals surface area contributed by atoms with Gasteiger partial charge in [0, 0.05) is 18.0 Å². The molecule has 0 spiro atoms. The zero-order chi connectivity index (χ0) is 7.61. The molecule has 0 N–H and O–H groups in total. The molecule has 1 aromatic heterocycles. The minimum atomic E-state index is -1.35. The number of alkyl halides is 3. The van der Waals surface area contributed by atoms with Gasteiger partial charge in [0.25, 0.3) is 0 Å². The zero-order valence-electron chi connectivity index (χ0n) is 5.30. The van der Waals surface area contributed by atoms with Gasteiger partial charge in [-0.3, -0.25) is 4.98 Å². The van der Waals surface area contributed by atoms with Crippen molar-refractivity contribution in [1.29, 1.82) is 0 Å². The normalized spacial score (nSPS) is 10.5. The fourth-order valence-corrected chi connectivity index (χ4v) is 0.866. The average molecular weight is 233 g/mol. The molecule has 0 aliphatic rings. The number of aromatic nitrogens is 1. The van der Waals surface area contributed by atoms with Crippen LogP contribution in [0.2, 0.25) is 0 Å². The van der Waals surface area contributed by atoms with Gasteiger partial charge in [-0.2, -0.15) is 0 Å². The monoisotopic (exact) mass is 231 g/mol. The van der Waals surface area contributed by atoms with Crippen molar-refractivity contribution < 1.29 is 0 Å². The van der Waals surface area contributed by atoms with Crippen molar-refractivity contribution in [2.75, 3.05) is 0 Å².